The molecule has 0 aliphatic rings. The van der Waals surface area contributed by atoms with E-state index >= 15 is 0 Å². The van der Waals surface area contributed by atoms with Gasteiger partial charge in [-0.05, 0) is 45.9 Å². The number of hydrogen-bond donors (Lipinski definition) is 1. The summed E-state index contributed by atoms with van der Waals surface area (Å²) in [5.41, 5.74) is -0.476. The van der Waals surface area contributed by atoms with Crippen molar-refractivity contribution in [1.82, 2.24) is 5.32 Å². The van der Waals surface area contributed by atoms with Crippen molar-refractivity contribution < 1.29 is 9.47 Å². The van der Waals surface area contributed by atoms with Crippen molar-refractivity contribution in [2.24, 2.45) is 0 Å². The number of ether oxygens (including phenoxy) is 2. The Labute approximate surface area is 115 Å². The average molecular weight is 262 g/mol. The highest BCUT2D eigenvalue weighted by Gasteiger charge is 2.20. The highest BCUT2D eigenvalue weighted by molar-refractivity contribution is 5.32. The molecule has 4 nitrogen and oxygen atoms in total. The largest absolute Gasteiger partial charge is 0.494 e. The summed E-state index contributed by atoms with van der Waals surface area (Å²) >= 11 is 0. The minimum absolute atomic E-state index is 0.476. The van der Waals surface area contributed by atoms with Gasteiger partial charge in [-0.2, -0.15) is 5.26 Å². The number of hydrogen-bond acceptors (Lipinski definition) is 4. The van der Waals surface area contributed by atoms with Gasteiger partial charge >= 0.3 is 0 Å². The van der Waals surface area contributed by atoms with Gasteiger partial charge in [0.1, 0.15) is 17.0 Å². The summed E-state index contributed by atoms with van der Waals surface area (Å²) in [7, 11) is 1.80. The molecule has 1 rings (SSSR count). The van der Waals surface area contributed by atoms with Gasteiger partial charge in [-0.25, -0.2) is 0 Å². The Morgan fingerprint density at radius 2 is 2.00 bits per heavy atom. The molecule has 104 valence electrons. The molecule has 0 saturated heterocycles. The van der Waals surface area contributed by atoms with Crippen LogP contribution >= 0.6 is 0 Å². The lowest BCUT2D eigenvalue weighted by atomic mass is 9.98. The monoisotopic (exact) mass is 262 g/mol. The maximum absolute atomic E-state index is 9.03. The van der Waals surface area contributed by atoms with E-state index in [9.17, 15) is 0 Å². The molecule has 0 saturated carbocycles. The average Bonchev–Trinajstić information content (AvgIpc) is 2.44. The van der Waals surface area contributed by atoms with E-state index in [2.05, 4.69) is 11.4 Å². The lowest BCUT2D eigenvalue weighted by Gasteiger charge is -2.20. The molecule has 1 atom stereocenters. The molecule has 0 aliphatic heterocycles. The summed E-state index contributed by atoms with van der Waals surface area (Å²) in [6, 6.07) is 9.87. The molecular formula is C15H22N2O2. The second-order valence-electron chi connectivity index (χ2n) is 4.55. The van der Waals surface area contributed by atoms with Gasteiger partial charge in [0.05, 0.1) is 19.3 Å². The molecule has 0 bridgehead atoms. The minimum atomic E-state index is -0.476. The third-order valence-electron chi connectivity index (χ3n) is 3.00. The van der Waals surface area contributed by atoms with Crippen molar-refractivity contribution in [2.45, 2.75) is 32.2 Å². The van der Waals surface area contributed by atoms with Crippen molar-refractivity contribution in [3.05, 3.63) is 24.3 Å². The summed E-state index contributed by atoms with van der Waals surface area (Å²) in [6.07, 6.45) is 1.58. The Bertz CT molecular complexity index is 428. The molecule has 1 N–H and O–H groups in total. The van der Waals surface area contributed by atoms with Crippen molar-refractivity contribution >= 4 is 0 Å². The summed E-state index contributed by atoms with van der Waals surface area (Å²) in [6.45, 7) is 5.08. The predicted molar refractivity (Wildman–Crippen MR) is 75.4 cm³/mol. The summed E-state index contributed by atoms with van der Waals surface area (Å²) < 4.78 is 11.1. The van der Waals surface area contributed by atoms with Gasteiger partial charge in [0, 0.05) is 6.07 Å². The van der Waals surface area contributed by atoms with Crippen LogP contribution in [0.25, 0.3) is 0 Å². The molecule has 0 aromatic heterocycles. The maximum atomic E-state index is 9.03. The molecule has 1 aromatic rings. The van der Waals surface area contributed by atoms with Gasteiger partial charge < -0.3 is 14.8 Å². The zero-order chi connectivity index (χ0) is 14.1. The molecule has 0 amide bonds. The smallest absolute Gasteiger partial charge is 0.122 e. The van der Waals surface area contributed by atoms with Crippen LogP contribution in [0.3, 0.4) is 0 Å². The van der Waals surface area contributed by atoms with Crippen LogP contribution in [-0.4, -0.2) is 25.8 Å². The van der Waals surface area contributed by atoms with Crippen LogP contribution in [0.4, 0.5) is 0 Å². The van der Waals surface area contributed by atoms with E-state index in [0.717, 1.165) is 24.3 Å². The molecule has 1 aromatic carbocycles. The second kappa shape index (κ2) is 7.65. The standard InChI is InChI=1S/C15H22N2O2/c1-4-18-13-7-5-8-14(11-13)19-10-6-9-15(2,12-16)17-3/h5,7-8,11,17H,4,6,9-10H2,1-3H3. The fourth-order valence-electron chi connectivity index (χ4n) is 1.67. The van der Waals surface area contributed by atoms with Crippen LogP contribution in [0.15, 0.2) is 24.3 Å². The van der Waals surface area contributed by atoms with E-state index in [-0.39, 0.29) is 0 Å². The molecule has 4 heteroatoms. The van der Waals surface area contributed by atoms with Crippen molar-refractivity contribution in [3.8, 4) is 17.6 Å². The first kappa shape index (κ1) is 15.3. The van der Waals surface area contributed by atoms with Crippen LogP contribution in [0.2, 0.25) is 0 Å². The molecule has 0 radical (unpaired) electrons. The van der Waals surface area contributed by atoms with E-state index in [1.54, 1.807) is 7.05 Å². The number of rotatable bonds is 8. The van der Waals surface area contributed by atoms with Crippen LogP contribution in [0.5, 0.6) is 11.5 Å². The lowest BCUT2D eigenvalue weighted by Crippen LogP contribution is -2.38. The zero-order valence-corrected chi connectivity index (χ0v) is 11.9. The quantitative estimate of drug-likeness (QED) is 0.732. The van der Waals surface area contributed by atoms with Crippen LogP contribution in [-0.2, 0) is 0 Å². The van der Waals surface area contributed by atoms with E-state index < -0.39 is 5.54 Å². The number of nitrogens with zero attached hydrogens (tertiary/aromatic N) is 1. The van der Waals surface area contributed by atoms with Crippen LogP contribution in [0, 0.1) is 11.3 Å². The number of nitrogens with one attached hydrogen (secondary N) is 1. The second-order valence-corrected chi connectivity index (χ2v) is 4.55. The normalized spacial score (nSPS) is 13.4. The van der Waals surface area contributed by atoms with Gasteiger partial charge in [-0.3, -0.25) is 0 Å². The van der Waals surface area contributed by atoms with Gasteiger partial charge in [0.25, 0.3) is 0 Å². The third kappa shape index (κ3) is 5.19. The van der Waals surface area contributed by atoms with E-state index in [0.29, 0.717) is 13.2 Å². The Kier molecular flexibility index (Phi) is 6.17. The van der Waals surface area contributed by atoms with Crippen LogP contribution < -0.4 is 14.8 Å². The molecule has 1 unspecified atom stereocenters. The summed E-state index contributed by atoms with van der Waals surface area (Å²) in [5.74, 6) is 1.62. The highest BCUT2D eigenvalue weighted by Crippen LogP contribution is 2.20. The van der Waals surface area contributed by atoms with E-state index in [1.807, 2.05) is 38.1 Å². The number of nitriles is 1. The topological polar surface area (TPSA) is 54.3 Å². The summed E-state index contributed by atoms with van der Waals surface area (Å²) in [4.78, 5) is 0. The Morgan fingerprint density at radius 1 is 1.32 bits per heavy atom. The number of benzene rings is 1. The highest BCUT2D eigenvalue weighted by atomic mass is 16.5. The van der Waals surface area contributed by atoms with E-state index in [4.69, 9.17) is 14.7 Å². The lowest BCUT2D eigenvalue weighted by molar-refractivity contribution is 0.285. The summed E-state index contributed by atoms with van der Waals surface area (Å²) in [5, 5.41) is 12.0. The van der Waals surface area contributed by atoms with Crippen LogP contribution in [0.1, 0.15) is 26.7 Å². The maximum Gasteiger partial charge on any atom is 0.122 e. The first-order valence-electron chi connectivity index (χ1n) is 6.59. The van der Waals surface area contributed by atoms with E-state index in [1.165, 1.54) is 0 Å². The molecular weight excluding hydrogens is 240 g/mol. The molecule has 0 aliphatic carbocycles. The SMILES string of the molecule is CCOc1cccc(OCCCC(C)(C#N)NC)c1. The molecule has 0 heterocycles. The van der Waals surface area contributed by atoms with Gasteiger partial charge in [0.2, 0.25) is 0 Å². The Morgan fingerprint density at radius 3 is 2.58 bits per heavy atom. The van der Waals surface area contributed by atoms with Gasteiger partial charge in [0.15, 0.2) is 0 Å². The first-order valence-corrected chi connectivity index (χ1v) is 6.59. The molecule has 0 fully saturated rings. The zero-order valence-electron chi connectivity index (χ0n) is 11.9. The fraction of sp³-hybridized carbons (Fsp3) is 0.533. The van der Waals surface area contributed by atoms with Gasteiger partial charge in [-0.1, -0.05) is 6.07 Å². The minimum Gasteiger partial charge on any atom is -0.494 e. The predicted octanol–water partition coefficient (Wildman–Crippen LogP) is 2.75. The fourth-order valence-corrected chi connectivity index (χ4v) is 1.67. The molecule has 0 spiro atoms. The van der Waals surface area contributed by atoms with Crippen molar-refractivity contribution in [1.29, 1.82) is 5.26 Å². The van der Waals surface area contributed by atoms with Gasteiger partial charge in [-0.15, -0.1) is 0 Å². The molecule has 19 heavy (non-hydrogen) atoms. The Hall–Kier alpha value is -1.73. The van der Waals surface area contributed by atoms with Crippen molar-refractivity contribution in [2.75, 3.05) is 20.3 Å². The Balaban J connectivity index is 2.37. The van der Waals surface area contributed by atoms with Crippen molar-refractivity contribution in [3.63, 3.8) is 0 Å². The first-order chi connectivity index (χ1) is 9.13. The third-order valence-corrected chi connectivity index (χ3v) is 3.00.